The van der Waals surface area contributed by atoms with E-state index < -0.39 is 0 Å². The van der Waals surface area contributed by atoms with Crippen molar-refractivity contribution in [1.29, 1.82) is 0 Å². The zero-order valence-corrected chi connectivity index (χ0v) is 13.9. The standard InChI is InChI=1S/C15H23BrN2O2/c1-4-5-10(2)18-15(19)9-20-14-8-12(16)6-7-13(14)11(3)17/h6-8,10-11H,4-5,9,17H2,1-3H3,(H,18,19). The van der Waals surface area contributed by atoms with Crippen LogP contribution in [0.15, 0.2) is 22.7 Å². The summed E-state index contributed by atoms with van der Waals surface area (Å²) in [7, 11) is 0. The summed E-state index contributed by atoms with van der Waals surface area (Å²) < 4.78 is 6.50. The van der Waals surface area contributed by atoms with Crippen molar-refractivity contribution in [3.05, 3.63) is 28.2 Å². The molecule has 0 aliphatic carbocycles. The van der Waals surface area contributed by atoms with Crippen molar-refractivity contribution in [2.75, 3.05) is 6.61 Å². The van der Waals surface area contributed by atoms with Gasteiger partial charge in [-0.05, 0) is 32.4 Å². The summed E-state index contributed by atoms with van der Waals surface area (Å²) in [5.74, 6) is 0.536. The van der Waals surface area contributed by atoms with Crippen LogP contribution in [0.5, 0.6) is 5.75 Å². The van der Waals surface area contributed by atoms with Gasteiger partial charge in [-0.1, -0.05) is 35.3 Å². The first-order chi connectivity index (χ1) is 9.43. The summed E-state index contributed by atoms with van der Waals surface area (Å²) in [6.45, 7) is 5.98. The Balaban J connectivity index is 2.61. The number of nitrogens with two attached hydrogens (primary N) is 1. The molecule has 0 heterocycles. The molecular weight excluding hydrogens is 320 g/mol. The van der Waals surface area contributed by atoms with Crippen molar-refractivity contribution in [3.8, 4) is 5.75 Å². The normalized spacial score (nSPS) is 13.7. The molecule has 2 unspecified atom stereocenters. The second kappa shape index (κ2) is 8.27. The third-order valence-electron chi connectivity index (χ3n) is 2.95. The molecule has 0 spiro atoms. The van der Waals surface area contributed by atoms with Crippen LogP contribution in [-0.4, -0.2) is 18.6 Å². The summed E-state index contributed by atoms with van der Waals surface area (Å²) in [6, 6.07) is 5.68. The van der Waals surface area contributed by atoms with Crippen molar-refractivity contribution in [2.45, 2.75) is 45.7 Å². The fourth-order valence-corrected chi connectivity index (χ4v) is 2.31. The molecule has 0 bridgehead atoms. The molecule has 112 valence electrons. The lowest BCUT2D eigenvalue weighted by atomic mass is 10.1. The second-order valence-corrected chi connectivity index (χ2v) is 5.93. The van der Waals surface area contributed by atoms with Crippen LogP contribution in [0.1, 0.15) is 45.2 Å². The van der Waals surface area contributed by atoms with Gasteiger partial charge >= 0.3 is 0 Å². The Morgan fingerprint density at radius 2 is 2.15 bits per heavy atom. The number of nitrogens with one attached hydrogen (secondary N) is 1. The molecule has 0 radical (unpaired) electrons. The molecule has 1 amide bonds. The maximum absolute atomic E-state index is 11.8. The number of carbonyl (C=O) groups is 1. The van der Waals surface area contributed by atoms with E-state index in [0.717, 1.165) is 22.9 Å². The molecule has 0 saturated carbocycles. The van der Waals surface area contributed by atoms with E-state index in [0.29, 0.717) is 5.75 Å². The van der Waals surface area contributed by atoms with Crippen LogP contribution in [0.3, 0.4) is 0 Å². The number of benzene rings is 1. The molecule has 0 fully saturated rings. The summed E-state index contributed by atoms with van der Waals surface area (Å²) >= 11 is 3.39. The molecule has 2 atom stereocenters. The summed E-state index contributed by atoms with van der Waals surface area (Å²) in [4.78, 5) is 11.8. The molecule has 0 aliphatic heterocycles. The fourth-order valence-electron chi connectivity index (χ4n) is 1.97. The average molecular weight is 343 g/mol. The number of hydrogen-bond donors (Lipinski definition) is 2. The van der Waals surface area contributed by atoms with Crippen molar-refractivity contribution >= 4 is 21.8 Å². The Morgan fingerprint density at radius 3 is 2.75 bits per heavy atom. The van der Waals surface area contributed by atoms with Crippen LogP contribution < -0.4 is 15.8 Å². The SMILES string of the molecule is CCCC(C)NC(=O)COc1cc(Br)ccc1C(C)N. The number of amides is 1. The van der Waals surface area contributed by atoms with Gasteiger partial charge in [-0.15, -0.1) is 0 Å². The number of carbonyl (C=O) groups excluding carboxylic acids is 1. The highest BCUT2D eigenvalue weighted by atomic mass is 79.9. The van der Waals surface area contributed by atoms with Crippen molar-refractivity contribution in [2.24, 2.45) is 5.73 Å². The van der Waals surface area contributed by atoms with Crippen molar-refractivity contribution in [1.82, 2.24) is 5.32 Å². The predicted octanol–water partition coefficient (Wildman–Crippen LogP) is 3.15. The summed E-state index contributed by atoms with van der Waals surface area (Å²) in [5, 5.41) is 2.91. The highest BCUT2D eigenvalue weighted by Gasteiger charge is 2.12. The molecule has 1 aromatic rings. The van der Waals surface area contributed by atoms with E-state index in [1.807, 2.05) is 32.0 Å². The molecule has 0 aliphatic rings. The Hall–Kier alpha value is -1.07. The monoisotopic (exact) mass is 342 g/mol. The Bertz CT molecular complexity index is 449. The van der Waals surface area contributed by atoms with Gasteiger partial charge in [0.25, 0.3) is 5.91 Å². The van der Waals surface area contributed by atoms with Gasteiger partial charge in [0.15, 0.2) is 6.61 Å². The third-order valence-corrected chi connectivity index (χ3v) is 3.45. The molecular formula is C15H23BrN2O2. The van der Waals surface area contributed by atoms with E-state index in [1.165, 1.54) is 0 Å². The van der Waals surface area contributed by atoms with Crippen LogP contribution >= 0.6 is 15.9 Å². The van der Waals surface area contributed by atoms with Crippen LogP contribution in [0.4, 0.5) is 0 Å². The van der Waals surface area contributed by atoms with E-state index in [9.17, 15) is 4.79 Å². The van der Waals surface area contributed by atoms with E-state index in [-0.39, 0.29) is 24.6 Å². The van der Waals surface area contributed by atoms with Crippen LogP contribution in [0, 0.1) is 0 Å². The zero-order chi connectivity index (χ0) is 15.1. The van der Waals surface area contributed by atoms with Crippen LogP contribution in [-0.2, 0) is 4.79 Å². The number of rotatable bonds is 7. The predicted molar refractivity (Wildman–Crippen MR) is 84.8 cm³/mol. The first-order valence-corrected chi connectivity index (χ1v) is 7.70. The lowest BCUT2D eigenvalue weighted by molar-refractivity contribution is -0.123. The molecule has 1 aromatic carbocycles. The summed E-state index contributed by atoms with van der Waals surface area (Å²) in [5.41, 5.74) is 6.79. The molecule has 4 nitrogen and oxygen atoms in total. The molecule has 1 rings (SSSR count). The van der Waals surface area contributed by atoms with E-state index in [2.05, 4.69) is 28.2 Å². The van der Waals surface area contributed by atoms with Crippen LogP contribution in [0.25, 0.3) is 0 Å². The Labute approximate surface area is 129 Å². The molecule has 20 heavy (non-hydrogen) atoms. The minimum Gasteiger partial charge on any atom is -0.483 e. The van der Waals surface area contributed by atoms with Crippen molar-refractivity contribution in [3.63, 3.8) is 0 Å². The first-order valence-electron chi connectivity index (χ1n) is 6.91. The van der Waals surface area contributed by atoms with Gasteiger partial charge in [0.1, 0.15) is 5.75 Å². The lowest BCUT2D eigenvalue weighted by Gasteiger charge is -2.16. The topological polar surface area (TPSA) is 64.3 Å². The number of ether oxygens (including phenoxy) is 1. The minimum atomic E-state index is -0.139. The minimum absolute atomic E-state index is 0.00419. The molecule has 5 heteroatoms. The number of halogens is 1. The zero-order valence-electron chi connectivity index (χ0n) is 12.3. The molecule has 0 aromatic heterocycles. The Morgan fingerprint density at radius 1 is 1.45 bits per heavy atom. The van der Waals surface area contributed by atoms with Gasteiger partial charge in [-0.25, -0.2) is 0 Å². The van der Waals surface area contributed by atoms with Gasteiger partial charge in [0.05, 0.1) is 0 Å². The highest BCUT2D eigenvalue weighted by molar-refractivity contribution is 9.10. The fraction of sp³-hybridized carbons (Fsp3) is 0.533. The van der Waals surface area contributed by atoms with Gasteiger partial charge in [-0.3, -0.25) is 4.79 Å². The maximum atomic E-state index is 11.8. The van der Waals surface area contributed by atoms with E-state index in [1.54, 1.807) is 0 Å². The van der Waals surface area contributed by atoms with Crippen molar-refractivity contribution < 1.29 is 9.53 Å². The van der Waals surface area contributed by atoms with E-state index >= 15 is 0 Å². The van der Waals surface area contributed by atoms with Gasteiger partial charge in [-0.2, -0.15) is 0 Å². The van der Waals surface area contributed by atoms with E-state index in [4.69, 9.17) is 10.5 Å². The van der Waals surface area contributed by atoms with Gasteiger partial charge in [0, 0.05) is 22.1 Å². The number of hydrogen-bond acceptors (Lipinski definition) is 3. The average Bonchev–Trinajstić information content (AvgIpc) is 2.36. The third kappa shape index (κ3) is 5.51. The first kappa shape index (κ1) is 17.0. The molecule has 0 saturated heterocycles. The maximum Gasteiger partial charge on any atom is 0.258 e. The molecule has 3 N–H and O–H groups in total. The van der Waals surface area contributed by atoms with Crippen LogP contribution in [0.2, 0.25) is 0 Å². The Kier molecular flexibility index (Phi) is 7.02. The highest BCUT2D eigenvalue weighted by Crippen LogP contribution is 2.27. The van der Waals surface area contributed by atoms with Gasteiger partial charge in [0.2, 0.25) is 0 Å². The summed E-state index contributed by atoms with van der Waals surface area (Å²) in [6.07, 6.45) is 2.01. The largest absolute Gasteiger partial charge is 0.483 e. The second-order valence-electron chi connectivity index (χ2n) is 5.02. The lowest BCUT2D eigenvalue weighted by Crippen LogP contribution is -2.36. The quantitative estimate of drug-likeness (QED) is 0.799. The van der Waals surface area contributed by atoms with Gasteiger partial charge < -0.3 is 15.8 Å². The smallest absolute Gasteiger partial charge is 0.258 e.